The van der Waals surface area contributed by atoms with Gasteiger partial charge in [0.2, 0.25) is 0 Å². The van der Waals surface area contributed by atoms with Crippen molar-refractivity contribution in [2.75, 3.05) is 26.2 Å². The van der Waals surface area contributed by atoms with Gasteiger partial charge in [-0.15, -0.1) is 0 Å². The molecule has 0 aromatic heterocycles. The minimum Gasteiger partial charge on any atom is -0.294 e. The van der Waals surface area contributed by atoms with Crippen molar-refractivity contribution in [1.82, 2.24) is 9.91 Å². The van der Waals surface area contributed by atoms with Crippen LogP contribution >= 0.6 is 0 Å². The highest BCUT2D eigenvalue weighted by molar-refractivity contribution is 5.81. The maximum absolute atomic E-state index is 4.79. The van der Waals surface area contributed by atoms with Crippen LogP contribution in [0.2, 0.25) is 0 Å². The Balaban J connectivity index is 1.13. The summed E-state index contributed by atoms with van der Waals surface area (Å²) in [6, 6.07) is 37.2. The highest BCUT2D eigenvalue weighted by Crippen LogP contribution is 2.46. The second-order valence-electron chi connectivity index (χ2n) is 8.80. The molecule has 1 heterocycles. The first-order valence-electron chi connectivity index (χ1n) is 11.7. The van der Waals surface area contributed by atoms with Crippen molar-refractivity contribution in [2.45, 2.75) is 6.04 Å². The van der Waals surface area contributed by atoms with Gasteiger partial charge in [-0.2, -0.15) is 5.10 Å². The summed E-state index contributed by atoms with van der Waals surface area (Å²) in [5.41, 5.74) is 9.26. The zero-order valence-electron chi connectivity index (χ0n) is 18.6. The molecule has 0 spiro atoms. The van der Waals surface area contributed by atoms with Crippen molar-refractivity contribution in [2.24, 2.45) is 5.10 Å². The molecular weight excluding hydrogens is 402 g/mol. The van der Waals surface area contributed by atoms with Crippen LogP contribution in [0.15, 0.2) is 108 Å². The first-order valence-corrected chi connectivity index (χ1v) is 11.7. The molecule has 162 valence electrons. The zero-order chi connectivity index (χ0) is 22.0. The van der Waals surface area contributed by atoms with Crippen LogP contribution in [0.25, 0.3) is 22.3 Å². The molecule has 4 aromatic carbocycles. The van der Waals surface area contributed by atoms with Gasteiger partial charge in [0.05, 0.1) is 12.3 Å². The molecule has 0 saturated carbocycles. The quantitative estimate of drug-likeness (QED) is 0.366. The summed E-state index contributed by atoms with van der Waals surface area (Å²) in [4.78, 5) is 2.62. The van der Waals surface area contributed by atoms with Crippen LogP contribution in [-0.2, 0) is 0 Å². The minimum atomic E-state index is 0.356. The second kappa shape index (κ2) is 8.68. The van der Waals surface area contributed by atoms with Gasteiger partial charge in [-0.25, -0.2) is 0 Å². The van der Waals surface area contributed by atoms with Crippen LogP contribution < -0.4 is 0 Å². The van der Waals surface area contributed by atoms with E-state index >= 15 is 0 Å². The molecule has 0 N–H and O–H groups in total. The number of piperazine rings is 1. The van der Waals surface area contributed by atoms with Gasteiger partial charge in [-0.1, -0.05) is 103 Å². The smallest absolute Gasteiger partial charge is 0.0615 e. The van der Waals surface area contributed by atoms with E-state index in [1.54, 1.807) is 0 Å². The molecule has 6 rings (SSSR count). The lowest BCUT2D eigenvalue weighted by molar-refractivity contribution is 0.114. The van der Waals surface area contributed by atoms with Crippen LogP contribution in [0.3, 0.4) is 0 Å². The monoisotopic (exact) mass is 429 g/mol. The number of benzene rings is 4. The topological polar surface area (TPSA) is 18.8 Å². The molecule has 1 fully saturated rings. The van der Waals surface area contributed by atoms with Crippen molar-refractivity contribution < 1.29 is 0 Å². The van der Waals surface area contributed by atoms with E-state index in [9.17, 15) is 0 Å². The Morgan fingerprint density at radius 1 is 0.576 bits per heavy atom. The Morgan fingerprint density at radius 2 is 1.12 bits per heavy atom. The van der Waals surface area contributed by atoms with Gasteiger partial charge in [-0.3, -0.25) is 9.91 Å². The molecule has 0 radical (unpaired) electrons. The SMILES string of the molecule is C(=N\N1CCN(C2c3ccccc3-c3ccccc32)CC1)/c1ccc(-c2ccccc2)cc1. The van der Waals surface area contributed by atoms with E-state index in [0.29, 0.717) is 6.04 Å². The van der Waals surface area contributed by atoms with E-state index < -0.39 is 0 Å². The molecule has 33 heavy (non-hydrogen) atoms. The van der Waals surface area contributed by atoms with E-state index in [1.165, 1.54) is 33.4 Å². The van der Waals surface area contributed by atoms with Crippen LogP contribution in [0.5, 0.6) is 0 Å². The van der Waals surface area contributed by atoms with Crippen molar-refractivity contribution in [3.05, 3.63) is 120 Å². The normalized spacial score (nSPS) is 16.2. The van der Waals surface area contributed by atoms with Crippen molar-refractivity contribution >= 4 is 6.21 Å². The lowest BCUT2D eigenvalue weighted by Gasteiger charge is -2.37. The summed E-state index contributed by atoms with van der Waals surface area (Å²) < 4.78 is 0. The van der Waals surface area contributed by atoms with E-state index in [1.807, 2.05) is 6.21 Å². The van der Waals surface area contributed by atoms with E-state index in [4.69, 9.17) is 5.10 Å². The lowest BCUT2D eigenvalue weighted by Crippen LogP contribution is -2.45. The minimum absolute atomic E-state index is 0.356. The maximum atomic E-state index is 4.79. The van der Waals surface area contributed by atoms with Crippen molar-refractivity contribution in [3.63, 3.8) is 0 Å². The molecule has 4 aromatic rings. The molecule has 1 aliphatic heterocycles. The van der Waals surface area contributed by atoms with Gasteiger partial charge in [0.25, 0.3) is 0 Å². The second-order valence-corrected chi connectivity index (χ2v) is 8.80. The summed E-state index contributed by atoms with van der Waals surface area (Å²) in [7, 11) is 0. The molecule has 3 heteroatoms. The van der Waals surface area contributed by atoms with Gasteiger partial charge in [0, 0.05) is 26.2 Å². The van der Waals surface area contributed by atoms with E-state index in [2.05, 4.69) is 113 Å². The predicted molar refractivity (Wildman–Crippen MR) is 136 cm³/mol. The summed E-state index contributed by atoms with van der Waals surface area (Å²) in [5.74, 6) is 0. The number of nitrogens with zero attached hydrogens (tertiary/aromatic N) is 3. The molecule has 0 bridgehead atoms. The Labute approximate surface area is 195 Å². The van der Waals surface area contributed by atoms with Gasteiger partial charge < -0.3 is 0 Å². The molecule has 2 aliphatic rings. The van der Waals surface area contributed by atoms with Gasteiger partial charge >= 0.3 is 0 Å². The third kappa shape index (κ3) is 3.85. The van der Waals surface area contributed by atoms with Crippen LogP contribution in [-0.4, -0.2) is 42.3 Å². The number of hydrogen-bond donors (Lipinski definition) is 0. The molecule has 0 amide bonds. The molecule has 0 atom stereocenters. The number of rotatable bonds is 4. The van der Waals surface area contributed by atoms with E-state index in [0.717, 1.165) is 31.7 Å². The Hall–Kier alpha value is -3.69. The van der Waals surface area contributed by atoms with Crippen LogP contribution in [0.4, 0.5) is 0 Å². The van der Waals surface area contributed by atoms with Gasteiger partial charge in [-0.05, 0) is 38.9 Å². The zero-order valence-corrected chi connectivity index (χ0v) is 18.6. The number of fused-ring (bicyclic) bond motifs is 3. The largest absolute Gasteiger partial charge is 0.294 e. The number of hydrogen-bond acceptors (Lipinski definition) is 3. The maximum Gasteiger partial charge on any atom is 0.0615 e. The Kier molecular flexibility index (Phi) is 5.25. The molecule has 0 unspecified atom stereocenters. The first-order chi connectivity index (χ1) is 16.4. The molecule has 1 saturated heterocycles. The third-order valence-electron chi connectivity index (χ3n) is 6.84. The molecular formula is C30H27N3. The Morgan fingerprint density at radius 3 is 1.76 bits per heavy atom. The summed E-state index contributed by atoms with van der Waals surface area (Å²) >= 11 is 0. The van der Waals surface area contributed by atoms with Crippen molar-refractivity contribution in [1.29, 1.82) is 0 Å². The van der Waals surface area contributed by atoms with Crippen LogP contribution in [0, 0.1) is 0 Å². The highest BCUT2D eigenvalue weighted by atomic mass is 15.5. The standard InChI is InChI=1S/C30H27N3/c1-2-8-24(9-3-1)25-16-14-23(15-17-25)22-31-33-20-18-32(19-21-33)30-28-12-6-4-10-26(28)27-11-5-7-13-29(27)30/h1-17,22,30H,18-21H2/b31-22+. The predicted octanol–water partition coefficient (Wildman–Crippen LogP) is 6.08. The molecule has 1 aliphatic carbocycles. The van der Waals surface area contributed by atoms with E-state index in [-0.39, 0.29) is 0 Å². The Bertz CT molecular complexity index is 1220. The van der Waals surface area contributed by atoms with Crippen LogP contribution in [0.1, 0.15) is 22.7 Å². The average Bonchev–Trinajstić information content (AvgIpc) is 3.23. The summed E-state index contributed by atoms with van der Waals surface area (Å²) in [6.45, 7) is 3.91. The van der Waals surface area contributed by atoms with Gasteiger partial charge in [0.15, 0.2) is 0 Å². The third-order valence-corrected chi connectivity index (χ3v) is 6.84. The summed E-state index contributed by atoms with van der Waals surface area (Å²) in [5, 5.41) is 6.99. The van der Waals surface area contributed by atoms with Crippen molar-refractivity contribution in [3.8, 4) is 22.3 Å². The molecule has 3 nitrogen and oxygen atoms in total. The van der Waals surface area contributed by atoms with Gasteiger partial charge in [0.1, 0.15) is 0 Å². The number of hydrazone groups is 1. The highest BCUT2D eigenvalue weighted by Gasteiger charge is 2.33. The fourth-order valence-electron chi connectivity index (χ4n) is 5.15. The summed E-state index contributed by atoms with van der Waals surface area (Å²) in [6.07, 6.45) is 1.99. The lowest BCUT2D eigenvalue weighted by atomic mass is 10.0. The fraction of sp³-hybridized carbons (Fsp3) is 0.167. The first kappa shape index (κ1) is 20.0. The fourth-order valence-corrected chi connectivity index (χ4v) is 5.15. The average molecular weight is 430 g/mol.